The maximum atomic E-state index is 12.9. The van der Waals surface area contributed by atoms with E-state index in [2.05, 4.69) is 14.8 Å². The zero-order valence-corrected chi connectivity index (χ0v) is 16.3. The molecule has 1 aliphatic rings. The van der Waals surface area contributed by atoms with Gasteiger partial charge in [-0.3, -0.25) is 9.48 Å². The molecule has 12 heteroatoms. The summed E-state index contributed by atoms with van der Waals surface area (Å²) >= 11 is 0. The zero-order chi connectivity index (χ0) is 21.6. The third kappa shape index (κ3) is 4.01. The molecule has 2 heterocycles. The molecule has 3 rings (SSSR count). The van der Waals surface area contributed by atoms with Crippen molar-refractivity contribution in [1.82, 2.24) is 14.1 Å². The number of aromatic nitrogens is 2. The number of hydrogen-bond donors (Lipinski definition) is 1. The summed E-state index contributed by atoms with van der Waals surface area (Å²) in [5.41, 5.74) is -0.329. The van der Waals surface area contributed by atoms with Crippen LogP contribution in [0, 0.1) is 6.92 Å². The molecule has 29 heavy (non-hydrogen) atoms. The van der Waals surface area contributed by atoms with Crippen molar-refractivity contribution in [3.05, 3.63) is 59.1 Å². The van der Waals surface area contributed by atoms with Crippen molar-refractivity contribution < 1.29 is 26.4 Å². The number of amides is 1. The molecule has 1 N–H and O–H groups in total. The number of anilines is 1. The molecule has 1 aromatic heterocycles. The lowest BCUT2D eigenvalue weighted by atomic mass is 10.1. The number of likely N-dealkylation sites (N-methyl/N-ethyl adjacent to an activating group) is 1. The minimum absolute atomic E-state index is 0.00268. The Morgan fingerprint density at radius 1 is 1.21 bits per heavy atom. The standard InChI is InChI=1S/C17H16F3N5O3S/c1-10-13(9-21-24(10)2)14-8-15(25(3)29(27,28)23-14)16(26)22-12-6-4-5-11(7-12)17(18,19)20/h4-9H,1-3H3,(H,22,26). The van der Waals surface area contributed by atoms with Gasteiger partial charge in [0.05, 0.1) is 17.5 Å². The van der Waals surface area contributed by atoms with Gasteiger partial charge in [0, 0.05) is 31.0 Å². The Bertz CT molecular complexity index is 1150. The topological polar surface area (TPSA) is 96.7 Å². The smallest absolute Gasteiger partial charge is 0.321 e. The number of rotatable bonds is 3. The summed E-state index contributed by atoms with van der Waals surface area (Å²) in [7, 11) is -1.42. The van der Waals surface area contributed by atoms with Gasteiger partial charge in [-0.25, -0.2) is 4.31 Å². The van der Waals surface area contributed by atoms with Crippen molar-refractivity contribution in [1.29, 1.82) is 0 Å². The summed E-state index contributed by atoms with van der Waals surface area (Å²) in [5.74, 6) is -0.899. The summed E-state index contributed by atoms with van der Waals surface area (Å²) in [6.07, 6.45) is -1.93. The lowest BCUT2D eigenvalue weighted by molar-refractivity contribution is -0.137. The van der Waals surface area contributed by atoms with Crippen LogP contribution in [0.15, 0.2) is 46.6 Å². The molecular weight excluding hydrogens is 411 g/mol. The van der Waals surface area contributed by atoms with Gasteiger partial charge in [0.15, 0.2) is 0 Å². The molecule has 0 aliphatic carbocycles. The maximum absolute atomic E-state index is 12.9. The highest BCUT2D eigenvalue weighted by atomic mass is 32.2. The van der Waals surface area contributed by atoms with Crippen LogP contribution in [0.25, 0.3) is 0 Å². The maximum Gasteiger partial charge on any atom is 0.416 e. The third-order valence-corrected chi connectivity index (χ3v) is 5.68. The molecule has 154 valence electrons. The van der Waals surface area contributed by atoms with Gasteiger partial charge in [-0.1, -0.05) is 6.07 Å². The molecule has 0 atom stereocenters. The second-order valence-corrected chi connectivity index (χ2v) is 7.88. The van der Waals surface area contributed by atoms with Crippen molar-refractivity contribution in [2.45, 2.75) is 13.1 Å². The summed E-state index contributed by atoms with van der Waals surface area (Å²) in [6, 6.07) is 4.03. The van der Waals surface area contributed by atoms with E-state index in [1.54, 1.807) is 14.0 Å². The molecule has 1 aliphatic heterocycles. The van der Waals surface area contributed by atoms with E-state index in [0.29, 0.717) is 15.6 Å². The highest BCUT2D eigenvalue weighted by Crippen LogP contribution is 2.31. The van der Waals surface area contributed by atoms with E-state index in [9.17, 15) is 26.4 Å². The molecule has 0 saturated carbocycles. The Labute approximate surface area is 164 Å². The van der Waals surface area contributed by atoms with Gasteiger partial charge >= 0.3 is 16.4 Å². The van der Waals surface area contributed by atoms with Crippen LogP contribution in [0.5, 0.6) is 0 Å². The van der Waals surface area contributed by atoms with Gasteiger partial charge in [-0.15, -0.1) is 4.40 Å². The molecule has 0 bridgehead atoms. The molecule has 2 aromatic rings. The van der Waals surface area contributed by atoms with Crippen molar-refractivity contribution in [2.75, 3.05) is 12.4 Å². The fourth-order valence-electron chi connectivity index (χ4n) is 2.61. The number of nitrogens with one attached hydrogen (secondary N) is 1. The molecule has 0 unspecified atom stereocenters. The van der Waals surface area contributed by atoms with Gasteiger partial charge in [0.2, 0.25) is 0 Å². The van der Waals surface area contributed by atoms with E-state index in [1.807, 2.05) is 0 Å². The Hall–Kier alpha value is -3.15. The van der Waals surface area contributed by atoms with Crippen molar-refractivity contribution >= 4 is 27.5 Å². The molecule has 1 amide bonds. The van der Waals surface area contributed by atoms with Crippen molar-refractivity contribution in [2.24, 2.45) is 11.4 Å². The minimum Gasteiger partial charge on any atom is -0.321 e. The molecular formula is C17H16F3N5O3S. The quantitative estimate of drug-likeness (QED) is 0.813. The number of carbonyl (C=O) groups excluding carboxylic acids is 1. The van der Waals surface area contributed by atoms with Gasteiger partial charge in [0.25, 0.3) is 5.91 Å². The Morgan fingerprint density at radius 3 is 2.48 bits per heavy atom. The third-order valence-electron chi connectivity index (χ3n) is 4.36. The first-order valence-electron chi connectivity index (χ1n) is 8.18. The predicted molar refractivity (Wildman–Crippen MR) is 99.3 cm³/mol. The van der Waals surface area contributed by atoms with Gasteiger partial charge < -0.3 is 5.32 Å². The number of benzene rings is 1. The molecule has 1 aromatic carbocycles. The van der Waals surface area contributed by atoms with Crippen LogP contribution in [0.1, 0.15) is 16.8 Å². The van der Waals surface area contributed by atoms with E-state index in [4.69, 9.17) is 0 Å². The minimum atomic E-state index is -4.58. The number of aryl methyl sites for hydroxylation is 1. The van der Waals surface area contributed by atoms with Crippen LogP contribution in [0.2, 0.25) is 0 Å². The average Bonchev–Trinajstić information content (AvgIpc) is 2.95. The predicted octanol–water partition coefficient (Wildman–Crippen LogP) is 2.25. The lowest BCUT2D eigenvalue weighted by Gasteiger charge is -2.23. The normalized spacial score (nSPS) is 16.3. The average molecular weight is 427 g/mol. The molecule has 0 radical (unpaired) electrons. The first-order valence-corrected chi connectivity index (χ1v) is 9.58. The second-order valence-electron chi connectivity index (χ2n) is 6.25. The number of nitrogens with zero attached hydrogens (tertiary/aromatic N) is 4. The summed E-state index contributed by atoms with van der Waals surface area (Å²) in [4.78, 5) is 12.7. The Kier molecular flexibility index (Phi) is 4.99. The van der Waals surface area contributed by atoms with E-state index in [-0.39, 0.29) is 17.1 Å². The molecule has 0 fully saturated rings. The van der Waals surface area contributed by atoms with Crippen LogP contribution in [-0.4, -0.2) is 41.2 Å². The van der Waals surface area contributed by atoms with Gasteiger partial charge in [0.1, 0.15) is 5.70 Å². The van der Waals surface area contributed by atoms with Crippen molar-refractivity contribution in [3.63, 3.8) is 0 Å². The Morgan fingerprint density at radius 2 is 1.90 bits per heavy atom. The summed E-state index contributed by atoms with van der Waals surface area (Å²) < 4.78 is 69.2. The largest absolute Gasteiger partial charge is 0.416 e. The summed E-state index contributed by atoms with van der Waals surface area (Å²) in [6.45, 7) is 1.70. The molecule has 0 saturated heterocycles. The van der Waals surface area contributed by atoms with Crippen LogP contribution >= 0.6 is 0 Å². The van der Waals surface area contributed by atoms with Crippen molar-refractivity contribution in [3.8, 4) is 0 Å². The summed E-state index contributed by atoms with van der Waals surface area (Å²) in [5, 5.41) is 6.31. The Balaban J connectivity index is 1.97. The highest BCUT2D eigenvalue weighted by Gasteiger charge is 2.32. The SMILES string of the molecule is Cc1c(C2=NS(=O)(=O)N(C)C(C(=O)Nc3cccc(C(F)(F)F)c3)=C2)cnn1C. The monoisotopic (exact) mass is 427 g/mol. The van der Waals surface area contributed by atoms with E-state index >= 15 is 0 Å². The lowest BCUT2D eigenvalue weighted by Crippen LogP contribution is -2.35. The zero-order valence-electron chi connectivity index (χ0n) is 15.5. The van der Waals surface area contributed by atoms with Gasteiger partial charge in [-0.2, -0.15) is 26.7 Å². The molecule has 0 spiro atoms. The van der Waals surface area contributed by atoms with E-state index < -0.39 is 27.9 Å². The number of carbonyl (C=O) groups is 1. The number of halogens is 3. The van der Waals surface area contributed by atoms with Gasteiger partial charge in [-0.05, 0) is 31.2 Å². The fraction of sp³-hybridized carbons (Fsp3) is 0.235. The van der Waals surface area contributed by atoms with Crippen LogP contribution in [-0.2, 0) is 28.2 Å². The van der Waals surface area contributed by atoms with Crippen LogP contribution in [0.4, 0.5) is 18.9 Å². The first-order chi connectivity index (χ1) is 13.4. The van der Waals surface area contributed by atoms with E-state index in [0.717, 1.165) is 25.2 Å². The number of alkyl halides is 3. The van der Waals surface area contributed by atoms with Crippen LogP contribution in [0.3, 0.4) is 0 Å². The number of allylic oxidation sites excluding steroid dienone is 1. The van der Waals surface area contributed by atoms with Crippen LogP contribution < -0.4 is 5.32 Å². The highest BCUT2D eigenvalue weighted by molar-refractivity contribution is 7.88. The van der Waals surface area contributed by atoms with E-state index in [1.165, 1.54) is 23.0 Å². The fourth-order valence-corrected chi connectivity index (χ4v) is 3.52. The first kappa shape index (κ1) is 20.6. The molecule has 8 nitrogen and oxygen atoms in total. The second kappa shape index (κ2) is 7.03. The number of hydrogen-bond acceptors (Lipinski definition) is 4.